The number of methoxy groups -OCH3 is 2. The third kappa shape index (κ3) is 5.72. The van der Waals surface area contributed by atoms with Crippen molar-refractivity contribution < 1.29 is 36.9 Å². The second kappa shape index (κ2) is 11.2. The molecule has 0 aliphatic carbocycles. The van der Waals surface area contributed by atoms with E-state index in [-0.39, 0.29) is 23.1 Å². The highest BCUT2D eigenvalue weighted by molar-refractivity contribution is 6.02. The van der Waals surface area contributed by atoms with E-state index in [0.29, 0.717) is 37.5 Å². The molecule has 3 aromatic rings. The number of fused-ring (bicyclic) bond motifs is 1. The smallest absolute Gasteiger partial charge is 0.416 e. The van der Waals surface area contributed by atoms with Gasteiger partial charge in [0.15, 0.2) is 0 Å². The van der Waals surface area contributed by atoms with Gasteiger partial charge >= 0.3 is 12.1 Å². The van der Waals surface area contributed by atoms with Crippen molar-refractivity contribution in [3.63, 3.8) is 0 Å². The Morgan fingerprint density at radius 1 is 0.976 bits per heavy atom. The van der Waals surface area contributed by atoms with Crippen LogP contribution in [0.25, 0.3) is 0 Å². The first-order chi connectivity index (χ1) is 19.6. The van der Waals surface area contributed by atoms with Crippen molar-refractivity contribution in [2.24, 2.45) is 4.99 Å². The number of aliphatic carboxylic acids is 1. The zero-order valence-corrected chi connectivity index (χ0v) is 22.4. The molecule has 0 aromatic heterocycles. The van der Waals surface area contributed by atoms with E-state index in [1.807, 2.05) is 29.2 Å². The van der Waals surface area contributed by atoms with Crippen LogP contribution in [0.2, 0.25) is 0 Å². The van der Waals surface area contributed by atoms with E-state index in [0.717, 1.165) is 17.8 Å². The lowest BCUT2D eigenvalue weighted by Crippen LogP contribution is -2.55. The van der Waals surface area contributed by atoms with Crippen molar-refractivity contribution in [3.05, 3.63) is 77.6 Å². The minimum absolute atomic E-state index is 0.0116. The summed E-state index contributed by atoms with van der Waals surface area (Å²) in [4.78, 5) is 22.2. The monoisotopic (exact) mass is 572 g/mol. The second-order valence-electron chi connectivity index (χ2n) is 9.66. The molecule has 5 rings (SSSR count). The molecule has 0 saturated carbocycles. The van der Waals surface area contributed by atoms with Gasteiger partial charge < -0.3 is 29.3 Å². The molecule has 0 radical (unpaired) electrons. The number of carboxylic acids is 1. The fourth-order valence-corrected chi connectivity index (χ4v) is 5.23. The second-order valence-corrected chi connectivity index (χ2v) is 9.66. The first-order valence-electron chi connectivity index (χ1n) is 12.9. The van der Waals surface area contributed by atoms with Gasteiger partial charge in [-0.2, -0.15) is 13.2 Å². The van der Waals surface area contributed by atoms with Crippen LogP contribution in [-0.2, 0) is 11.0 Å². The van der Waals surface area contributed by atoms with Crippen LogP contribution in [0.5, 0.6) is 11.5 Å². The lowest BCUT2D eigenvalue weighted by atomic mass is 9.97. The number of hydrogen-bond acceptors (Lipinski definition) is 7. The summed E-state index contributed by atoms with van der Waals surface area (Å²) in [5.74, 6) is -0.697. The molecular weight excluding hydrogens is 544 g/mol. The molecule has 0 amide bonds. The van der Waals surface area contributed by atoms with Gasteiger partial charge in [-0.1, -0.05) is 12.1 Å². The molecular formula is C29H28F4N4O4. The first kappa shape index (κ1) is 28.1. The van der Waals surface area contributed by atoms with E-state index in [1.54, 1.807) is 7.11 Å². The first-order valence-corrected chi connectivity index (χ1v) is 12.9. The molecule has 3 aromatic carbocycles. The van der Waals surface area contributed by atoms with E-state index in [2.05, 4.69) is 4.90 Å². The minimum Gasteiger partial charge on any atom is -0.497 e. The number of carbonyl (C=O) groups is 1. The molecule has 0 unspecified atom stereocenters. The van der Waals surface area contributed by atoms with Crippen LogP contribution in [0.3, 0.4) is 0 Å². The summed E-state index contributed by atoms with van der Waals surface area (Å²) in [5, 5.41) is 9.84. The van der Waals surface area contributed by atoms with E-state index in [1.165, 1.54) is 36.3 Å². The van der Waals surface area contributed by atoms with Crippen molar-refractivity contribution in [2.75, 3.05) is 50.2 Å². The Labute approximate surface area is 234 Å². The Kier molecular flexibility index (Phi) is 7.65. The number of nitrogens with zero attached hydrogens (tertiary/aromatic N) is 4. The van der Waals surface area contributed by atoms with Crippen molar-refractivity contribution in [3.8, 4) is 11.5 Å². The molecule has 1 N–H and O–H groups in total. The number of benzene rings is 3. The number of halogens is 4. The van der Waals surface area contributed by atoms with E-state index >= 15 is 0 Å². The van der Waals surface area contributed by atoms with Crippen molar-refractivity contribution in [2.45, 2.75) is 18.6 Å². The van der Waals surface area contributed by atoms with Crippen molar-refractivity contribution in [1.82, 2.24) is 4.90 Å². The molecule has 1 atom stereocenters. The number of hydrogen-bond donors (Lipinski definition) is 1. The number of ether oxygens (including phenoxy) is 2. The van der Waals surface area contributed by atoms with Gasteiger partial charge in [0.05, 0.1) is 43.6 Å². The number of guanidine groups is 1. The summed E-state index contributed by atoms with van der Waals surface area (Å²) >= 11 is 0. The van der Waals surface area contributed by atoms with Crippen molar-refractivity contribution >= 4 is 29.0 Å². The highest BCUT2D eigenvalue weighted by Crippen LogP contribution is 2.45. The highest BCUT2D eigenvalue weighted by atomic mass is 19.4. The Morgan fingerprint density at radius 2 is 1.71 bits per heavy atom. The van der Waals surface area contributed by atoms with E-state index in [9.17, 15) is 27.5 Å². The molecule has 0 spiro atoms. The number of anilines is 2. The fraction of sp³-hybridized carbons (Fsp3) is 0.310. The highest BCUT2D eigenvalue weighted by Gasteiger charge is 2.39. The van der Waals surface area contributed by atoms with Gasteiger partial charge in [-0.25, -0.2) is 9.38 Å². The van der Waals surface area contributed by atoms with Crippen LogP contribution in [0.4, 0.5) is 34.6 Å². The van der Waals surface area contributed by atoms with Crippen LogP contribution in [0, 0.1) is 5.82 Å². The van der Waals surface area contributed by atoms with Crippen LogP contribution in [0.1, 0.15) is 23.6 Å². The van der Waals surface area contributed by atoms with Crippen LogP contribution in [-0.4, -0.2) is 62.3 Å². The summed E-state index contributed by atoms with van der Waals surface area (Å²) in [6.45, 7) is 1.91. The molecule has 12 heteroatoms. The third-order valence-corrected chi connectivity index (χ3v) is 7.21. The molecule has 8 nitrogen and oxygen atoms in total. The maximum atomic E-state index is 14.3. The molecule has 2 aliphatic rings. The number of carboxylic acid groups (broad SMARTS) is 1. The van der Waals surface area contributed by atoms with Gasteiger partial charge in [-0.05, 0) is 42.5 Å². The van der Waals surface area contributed by atoms with Crippen molar-refractivity contribution in [1.29, 1.82) is 0 Å². The summed E-state index contributed by atoms with van der Waals surface area (Å²) < 4.78 is 66.5. The predicted molar refractivity (Wildman–Crippen MR) is 146 cm³/mol. The topological polar surface area (TPSA) is 77.8 Å². The molecule has 216 valence electrons. The standard InChI is InChI=1S/C29H28F4N4O4/c1-40-21-5-3-4-20(16-21)35-10-12-36(13-11-35)28-34-23-15-19(30)7-8-22(23)24(17-27(38)39)37(28)25-14-18(29(31,32)33)6-9-26(25)41-2/h3-9,14-16,24H,10-13,17H2,1-2H3,(H,38,39)/t24-/m0/s1. The zero-order chi connectivity index (χ0) is 29.3. The van der Waals surface area contributed by atoms with Gasteiger partial charge in [-0.3, -0.25) is 4.79 Å². The van der Waals surface area contributed by atoms with E-state index < -0.39 is 36.0 Å². The molecule has 0 bridgehead atoms. The molecule has 1 saturated heterocycles. The largest absolute Gasteiger partial charge is 0.497 e. The molecule has 2 heterocycles. The maximum absolute atomic E-state index is 14.3. The van der Waals surface area contributed by atoms with Crippen LogP contribution < -0.4 is 19.3 Å². The lowest BCUT2D eigenvalue weighted by molar-refractivity contribution is -0.138. The minimum atomic E-state index is -4.65. The quantitative estimate of drug-likeness (QED) is 0.380. The van der Waals surface area contributed by atoms with Gasteiger partial charge in [0, 0.05) is 43.5 Å². The lowest BCUT2D eigenvalue weighted by Gasteiger charge is -2.45. The molecule has 41 heavy (non-hydrogen) atoms. The Hall–Kier alpha value is -4.48. The number of alkyl halides is 3. The third-order valence-electron chi connectivity index (χ3n) is 7.21. The Balaban J connectivity index is 1.60. The normalized spacial score (nSPS) is 17.2. The average molecular weight is 573 g/mol. The zero-order valence-electron chi connectivity index (χ0n) is 22.4. The summed E-state index contributed by atoms with van der Waals surface area (Å²) in [6, 6.07) is 13.5. The summed E-state index contributed by atoms with van der Waals surface area (Å²) in [5.41, 5.74) is 0.643. The number of aliphatic imine (C=N–C) groups is 1. The average Bonchev–Trinajstić information content (AvgIpc) is 2.96. The SMILES string of the molecule is COc1cccc(N2CCN(C3=Nc4cc(F)ccc4[C@H](CC(=O)O)N3c3cc(C(F)(F)F)ccc3OC)CC2)c1. The number of piperazine rings is 1. The summed E-state index contributed by atoms with van der Waals surface area (Å²) in [6.07, 6.45) is -5.12. The van der Waals surface area contributed by atoms with Gasteiger partial charge in [-0.15, -0.1) is 0 Å². The van der Waals surface area contributed by atoms with Gasteiger partial charge in [0.25, 0.3) is 0 Å². The Bertz CT molecular complexity index is 1470. The number of rotatable bonds is 6. The maximum Gasteiger partial charge on any atom is 0.416 e. The van der Waals surface area contributed by atoms with Gasteiger partial charge in [0.2, 0.25) is 5.96 Å². The van der Waals surface area contributed by atoms with E-state index in [4.69, 9.17) is 14.5 Å². The Morgan fingerprint density at radius 3 is 2.37 bits per heavy atom. The molecule has 2 aliphatic heterocycles. The summed E-state index contributed by atoms with van der Waals surface area (Å²) in [7, 11) is 2.92. The van der Waals surface area contributed by atoms with Gasteiger partial charge in [0.1, 0.15) is 17.3 Å². The van der Waals surface area contributed by atoms with Crippen LogP contribution >= 0.6 is 0 Å². The molecule has 1 fully saturated rings. The fourth-order valence-electron chi connectivity index (χ4n) is 5.23. The predicted octanol–water partition coefficient (Wildman–Crippen LogP) is 5.71. The van der Waals surface area contributed by atoms with Crippen LogP contribution in [0.15, 0.2) is 65.7 Å².